The molecular formula is C17H18F2N2O4S. The fourth-order valence-corrected chi connectivity index (χ4v) is 3.51. The van der Waals surface area contributed by atoms with Crippen molar-refractivity contribution in [3.8, 4) is 5.75 Å². The smallest absolute Gasteiger partial charge is 0.242 e. The van der Waals surface area contributed by atoms with Gasteiger partial charge in [-0.25, -0.2) is 17.2 Å². The molecule has 0 aromatic heterocycles. The molecular weight excluding hydrogens is 366 g/mol. The number of nitrogens with one attached hydrogen (secondary N) is 2. The maximum atomic E-state index is 13.6. The van der Waals surface area contributed by atoms with Crippen LogP contribution in [0.3, 0.4) is 0 Å². The average molecular weight is 384 g/mol. The molecule has 0 unspecified atom stereocenters. The zero-order valence-electron chi connectivity index (χ0n) is 14.3. The number of amides is 1. The first-order valence-electron chi connectivity index (χ1n) is 7.57. The number of carbonyl (C=O) groups excluding carboxylic acids is 1. The van der Waals surface area contributed by atoms with Gasteiger partial charge in [0.25, 0.3) is 0 Å². The van der Waals surface area contributed by atoms with E-state index in [-0.39, 0.29) is 4.90 Å². The third-order valence-corrected chi connectivity index (χ3v) is 5.15. The molecule has 0 radical (unpaired) electrons. The van der Waals surface area contributed by atoms with Crippen LogP contribution in [-0.2, 0) is 14.8 Å². The lowest BCUT2D eigenvalue weighted by molar-refractivity contribution is -0.117. The maximum Gasteiger partial charge on any atom is 0.242 e. The second-order valence-electron chi connectivity index (χ2n) is 5.56. The van der Waals surface area contributed by atoms with Crippen molar-refractivity contribution in [3.05, 3.63) is 53.6 Å². The molecule has 9 heteroatoms. The molecule has 2 aromatic rings. The first kappa shape index (κ1) is 19.8. The predicted octanol–water partition coefficient (Wildman–Crippen LogP) is 2.59. The molecule has 6 nitrogen and oxygen atoms in total. The van der Waals surface area contributed by atoms with E-state index in [2.05, 4.69) is 4.72 Å². The molecule has 0 saturated heterocycles. The van der Waals surface area contributed by atoms with Crippen molar-refractivity contribution in [3.63, 3.8) is 0 Å². The lowest BCUT2D eigenvalue weighted by Gasteiger charge is -2.16. The summed E-state index contributed by atoms with van der Waals surface area (Å²) in [4.78, 5) is 12.0. The molecule has 2 aromatic carbocycles. The summed E-state index contributed by atoms with van der Waals surface area (Å²) in [6.07, 6.45) is 0. The number of hydrogen-bond acceptors (Lipinski definition) is 4. The van der Waals surface area contributed by atoms with Crippen molar-refractivity contribution in [1.29, 1.82) is 0 Å². The fourth-order valence-electron chi connectivity index (χ4n) is 2.22. The number of benzene rings is 2. The Morgan fingerprint density at radius 1 is 1.15 bits per heavy atom. The van der Waals surface area contributed by atoms with Crippen LogP contribution in [0.4, 0.5) is 14.5 Å². The lowest BCUT2D eigenvalue weighted by Crippen LogP contribution is -2.41. The van der Waals surface area contributed by atoms with Gasteiger partial charge in [-0.15, -0.1) is 0 Å². The highest BCUT2D eigenvalue weighted by molar-refractivity contribution is 7.89. The van der Waals surface area contributed by atoms with Gasteiger partial charge in [-0.3, -0.25) is 4.79 Å². The van der Waals surface area contributed by atoms with Crippen LogP contribution in [0, 0.1) is 18.6 Å². The molecule has 1 atom stereocenters. The summed E-state index contributed by atoms with van der Waals surface area (Å²) >= 11 is 0. The highest BCUT2D eigenvalue weighted by Crippen LogP contribution is 2.22. The minimum Gasteiger partial charge on any atom is -0.496 e. The fraction of sp³-hybridized carbons (Fsp3) is 0.235. The van der Waals surface area contributed by atoms with Gasteiger partial charge >= 0.3 is 0 Å². The SMILES string of the molecule is COc1ccc(S(=O)(=O)N[C@@H](C)C(=O)Nc2c(F)cccc2F)cc1C. The highest BCUT2D eigenvalue weighted by Gasteiger charge is 2.24. The van der Waals surface area contributed by atoms with Crippen LogP contribution in [0.2, 0.25) is 0 Å². The Hall–Kier alpha value is -2.52. The highest BCUT2D eigenvalue weighted by atomic mass is 32.2. The number of ether oxygens (including phenoxy) is 1. The van der Waals surface area contributed by atoms with E-state index >= 15 is 0 Å². The third-order valence-electron chi connectivity index (χ3n) is 3.61. The summed E-state index contributed by atoms with van der Waals surface area (Å²) in [5.41, 5.74) is -0.0373. The Morgan fingerprint density at radius 2 is 1.77 bits per heavy atom. The van der Waals surface area contributed by atoms with E-state index in [1.165, 1.54) is 32.2 Å². The maximum absolute atomic E-state index is 13.6. The molecule has 0 aliphatic heterocycles. The van der Waals surface area contributed by atoms with Gasteiger partial charge < -0.3 is 10.1 Å². The molecule has 0 bridgehead atoms. The summed E-state index contributed by atoms with van der Waals surface area (Å²) in [6, 6.07) is 6.06. The van der Waals surface area contributed by atoms with Gasteiger partial charge in [0.1, 0.15) is 23.1 Å². The minimum absolute atomic E-state index is 0.0625. The van der Waals surface area contributed by atoms with Gasteiger partial charge in [0.2, 0.25) is 15.9 Å². The van der Waals surface area contributed by atoms with E-state index < -0.39 is 39.3 Å². The summed E-state index contributed by atoms with van der Waals surface area (Å²) in [7, 11) is -2.56. The van der Waals surface area contributed by atoms with Crippen molar-refractivity contribution in [2.75, 3.05) is 12.4 Å². The van der Waals surface area contributed by atoms with E-state index in [0.29, 0.717) is 11.3 Å². The number of rotatable bonds is 6. The zero-order valence-corrected chi connectivity index (χ0v) is 15.2. The van der Waals surface area contributed by atoms with Gasteiger partial charge in [-0.1, -0.05) is 6.07 Å². The van der Waals surface area contributed by atoms with E-state index in [1.54, 1.807) is 6.92 Å². The number of hydrogen-bond donors (Lipinski definition) is 2. The molecule has 0 aliphatic carbocycles. The Labute approximate surface area is 150 Å². The largest absolute Gasteiger partial charge is 0.496 e. The summed E-state index contributed by atoms with van der Waals surface area (Å²) in [5.74, 6) is -2.30. The normalized spacial score (nSPS) is 12.5. The first-order chi connectivity index (χ1) is 12.2. The minimum atomic E-state index is -4.02. The number of para-hydroxylation sites is 1. The van der Waals surface area contributed by atoms with Gasteiger partial charge in [0.15, 0.2) is 0 Å². The third kappa shape index (κ3) is 4.36. The summed E-state index contributed by atoms with van der Waals surface area (Å²) in [5, 5.41) is 2.05. The second kappa shape index (κ2) is 7.79. The molecule has 0 saturated carbocycles. The van der Waals surface area contributed by atoms with Crippen LogP contribution in [0.1, 0.15) is 12.5 Å². The Balaban J connectivity index is 2.16. The number of aryl methyl sites for hydroxylation is 1. The average Bonchev–Trinajstić information content (AvgIpc) is 2.57. The van der Waals surface area contributed by atoms with Crippen LogP contribution in [0.5, 0.6) is 5.75 Å². The summed E-state index contributed by atoms with van der Waals surface area (Å²) < 4.78 is 59.2. The predicted molar refractivity (Wildman–Crippen MR) is 92.5 cm³/mol. The molecule has 0 fully saturated rings. The molecule has 0 aliphatic rings. The summed E-state index contributed by atoms with van der Waals surface area (Å²) in [6.45, 7) is 2.94. The zero-order chi connectivity index (χ0) is 19.5. The van der Waals surface area contributed by atoms with Crippen LogP contribution in [-0.4, -0.2) is 27.5 Å². The van der Waals surface area contributed by atoms with Crippen molar-refractivity contribution in [2.45, 2.75) is 24.8 Å². The van der Waals surface area contributed by atoms with Crippen LogP contribution in [0.25, 0.3) is 0 Å². The number of methoxy groups -OCH3 is 1. The van der Waals surface area contributed by atoms with Crippen LogP contribution >= 0.6 is 0 Å². The second-order valence-corrected chi connectivity index (χ2v) is 7.27. The van der Waals surface area contributed by atoms with E-state index in [4.69, 9.17) is 4.74 Å². The number of halogens is 2. The molecule has 140 valence electrons. The van der Waals surface area contributed by atoms with Gasteiger partial charge in [0, 0.05) is 0 Å². The Kier molecular flexibility index (Phi) is 5.94. The van der Waals surface area contributed by atoms with Gasteiger partial charge in [0.05, 0.1) is 18.0 Å². The van der Waals surface area contributed by atoms with E-state index in [0.717, 1.165) is 18.2 Å². The van der Waals surface area contributed by atoms with Crippen LogP contribution in [0.15, 0.2) is 41.3 Å². The van der Waals surface area contributed by atoms with Crippen LogP contribution < -0.4 is 14.8 Å². The van der Waals surface area contributed by atoms with Crippen molar-refractivity contribution in [1.82, 2.24) is 4.72 Å². The molecule has 0 heterocycles. The standard InChI is InChI=1S/C17H18F2N2O4S/c1-10-9-12(7-8-15(10)25-3)26(23,24)21-11(2)17(22)20-16-13(18)5-4-6-14(16)19/h4-9,11,21H,1-3H3,(H,20,22)/t11-/m0/s1. The molecule has 26 heavy (non-hydrogen) atoms. The number of anilines is 1. The molecule has 2 N–H and O–H groups in total. The topological polar surface area (TPSA) is 84.5 Å². The molecule has 0 spiro atoms. The lowest BCUT2D eigenvalue weighted by atomic mass is 10.2. The van der Waals surface area contributed by atoms with E-state index in [1.807, 2.05) is 5.32 Å². The van der Waals surface area contributed by atoms with Gasteiger partial charge in [-0.2, -0.15) is 4.72 Å². The van der Waals surface area contributed by atoms with Crippen molar-refractivity contribution >= 4 is 21.6 Å². The monoisotopic (exact) mass is 384 g/mol. The van der Waals surface area contributed by atoms with Crippen molar-refractivity contribution < 1.29 is 26.7 Å². The Bertz CT molecular complexity index is 912. The number of sulfonamides is 1. The molecule has 2 rings (SSSR count). The first-order valence-corrected chi connectivity index (χ1v) is 9.06. The van der Waals surface area contributed by atoms with Gasteiger partial charge in [-0.05, 0) is 49.7 Å². The molecule has 1 amide bonds. The Morgan fingerprint density at radius 3 is 2.31 bits per heavy atom. The van der Waals surface area contributed by atoms with E-state index in [9.17, 15) is 22.0 Å². The quantitative estimate of drug-likeness (QED) is 0.802. The number of carbonyl (C=O) groups is 1. The van der Waals surface area contributed by atoms with Crippen molar-refractivity contribution in [2.24, 2.45) is 0 Å².